The Morgan fingerprint density at radius 1 is 1.35 bits per heavy atom. The number of nitrogens with zero attached hydrogens (tertiary/aromatic N) is 3. The number of carbonyl (C=O) groups is 1. The minimum Gasteiger partial charge on any atom is -0.368 e. The molecule has 1 N–H and O–H groups in total. The highest BCUT2D eigenvalue weighted by Crippen LogP contribution is 2.27. The monoisotopic (exact) mass is 334 g/mol. The summed E-state index contributed by atoms with van der Waals surface area (Å²) in [6.45, 7) is 8.47. The highest BCUT2D eigenvalue weighted by Gasteiger charge is 2.21. The van der Waals surface area contributed by atoms with Crippen molar-refractivity contribution in [2.75, 3.05) is 44.2 Å². The summed E-state index contributed by atoms with van der Waals surface area (Å²) in [6, 6.07) is 7.71. The molecule has 0 unspecified atom stereocenters. The summed E-state index contributed by atoms with van der Waals surface area (Å²) >= 11 is 6.09. The maximum Gasteiger partial charge on any atom is 0.234 e. The molecule has 0 radical (unpaired) electrons. The Hall–Kier alpha value is -1.77. The van der Waals surface area contributed by atoms with Crippen LogP contribution in [0.4, 0.5) is 5.69 Å². The first-order valence-corrected chi connectivity index (χ1v) is 8.31. The quantitative estimate of drug-likeness (QED) is 0.896. The lowest BCUT2D eigenvalue weighted by Gasteiger charge is -2.36. The Labute approximate surface area is 142 Å². The average molecular weight is 335 g/mol. The molecule has 23 heavy (non-hydrogen) atoms. The molecule has 1 aliphatic rings. The van der Waals surface area contributed by atoms with E-state index in [2.05, 4.69) is 35.0 Å². The van der Waals surface area contributed by atoms with Crippen molar-refractivity contribution >= 4 is 23.2 Å². The number of hydrogen-bond donors (Lipinski definition) is 1. The van der Waals surface area contributed by atoms with Crippen LogP contribution in [0.5, 0.6) is 0 Å². The topological polar surface area (TPSA) is 59.4 Å². The molecule has 1 heterocycles. The van der Waals surface area contributed by atoms with Gasteiger partial charge in [0.1, 0.15) is 6.07 Å². The van der Waals surface area contributed by atoms with E-state index in [9.17, 15) is 10.1 Å². The van der Waals surface area contributed by atoms with Gasteiger partial charge in [-0.05, 0) is 18.1 Å². The second-order valence-corrected chi connectivity index (χ2v) is 6.61. The molecule has 1 aliphatic heterocycles. The predicted molar refractivity (Wildman–Crippen MR) is 92.7 cm³/mol. The van der Waals surface area contributed by atoms with E-state index in [4.69, 9.17) is 11.6 Å². The number of nitriles is 1. The Bertz CT molecular complexity index is 589. The van der Waals surface area contributed by atoms with Gasteiger partial charge in [0.05, 0.1) is 22.8 Å². The molecule has 1 fully saturated rings. The Kier molecular flexibility index (Phi) is 6.26. The van der Waals surface area contributed by atoms with Gasteiger partial charge in [-0.15, -0.1) is 0 Å². The summed E-state index contributed by atoms with van der Waals surface area (Å²) in [6.07, 6.45) is 0. The lowest BCUT2D eigenvalue weighted by Crippen LogP contribution is -2.50. The van der Waals surface area contributed by atoms with E-state index in [0.29, 0.717) is 29.6 Å². The number of hydrogen-bond acceptors (Lipinski definition) is 4. The van der Waals surface area contributed by atoms with Gasteiger partial charge in [-0.25, -0.2) is 0 Å². The zero-order valence-electron chi connectivity index (χ0n) is 13.7. The van der Waals surface area contributed by atoms with Gasteiger partial charge in [-0.2, -0.15) is 5.26 Å². The summed E-state index contributed by atoms with van der Waals surface area (Å²) in [4.78, 5) is 16.2. The van der Waals surface area contributed by atoms with Crippen LogP contribution in [-0.2, 0) is 4.79 Å². The largest absolute Gasteiger partial charge is 0.368 e. The van der Waals surface area contributed by atoms with Gasteiger partial charge in [0.2, 0.25) is 5.91 Å². The van der Waals surface area contributed by atoms with E-state index >= 15 is 0 Å². The molecule has 0 spiro atoms. The average Bonchev–Trinajstić information content (AvgIpc) is 2.53. The van der Waals surface area contributed by atoms with Crippen molar-refractivity contribution in [2.24, 2.45) is 5.92 Å². The number of amides is 1. The van der Waals surface area contributed by atoms with Crippen LogP contribution in [0, 0.1) is 17.2 Å². The van der Waals surface area contributed by atoms with Crippen LogP contribution in [-0.4, -0.2) is 50.1 Å². The molecular formula is C17H23ClN4O. The minimum atomic E-state index is 0.0765. The smallest absolute Gasteiger partial charge is 0.234 e. The molecule has 1 amide bonds. The molecule has 1 aromatic rings. The first kappa shape index (κ1) is 17.6. The van der Waals surface area contributed by atoms with Crippen LogP contribution in [0.3, 0.4) is 0 Å². The standard InChI is InChI=1S/C17H23ClN4O/c1-13(2)11-20-17(23)12-21-6-8-22(9-7-21)16-5-3-4-15(18)14(16)10-19/h3-5,13H,6-9,11-12H2,1-2H3,(H,20,23). The molecule has 0 aromatic heterocycles. The van der Waals surface area contributed by atoms with Crippen LogP contribution < -0.4 is 10.2 Å². The van der Waals surface area contributed by atoms with Gasteiger partial charge >= 0.3 is 0 Å². The lowest BCUT2D eigenvalue weighted by molar-refractivity contribution is -0.122. The SMILES string of the molecule is CC(C)CNC(=O)CN1CCN(c2cccc(Cl)c2C#N)CC1. The summed E-state index contributed by atoms with van der Waals surface area (Å²) in [5.41, 5.74) is 1.40. The van der Waals surface area contributed by atoms with Crippen LogP contribution in [0.25, 0.3) is 0 Å². The van der Waals surface area contributed by atoms with Gasteiger partial charge in [-0.1, -0.05) is 31.5 Å². The van der Waals surface area contributed by atoms with Crippen molar-refractivity contribution in [1.29, 1.82) is 5.26 Å². The highest BCUT2D eigenvalue weighted by atomic mass is 35.5. The molecule has 1 saturated heterocycles. The third-order valence-electron chi connectivity index (χ3n) is 3.89. The fraction of sp³-hybridized carbons (Fsp3) is 0.529. The molecule has 124 valence electrons. The molecule has 0 atom stereocenters. The fourth-order valence-corrected chi connectivity index (χ4v) is 2.82. The van der Waals surface area contributed by atoms with Crippen LogP contribution >= 0.6 is 11.6 Å². The third-order valence-corrected chi connectivity index (χ3v) is 4.21. The van der Waals surface area contributed by atoms with Crippen molar-refractivity contribution < 1.29 is 4.79 Å². The number of carbonyl (C=O) groups excluding carboxylic acids is 1. The molecule has 2 rings (SSSR count). The Balaban J connectivity index is 1.88. The molecule has 0 aliphatic carbocycles. The maximum atomic E-state index is 11.9. The van der Waals surface area contributed by atoms with Gasteiger partial charge in [-0.3, -0.25) is 9.69 Å². The van der Waals surface area contributed by atoms with E-state index in [0.717, 1.165) is 31.9 Å². The fourth-order valence-electron chi connectivity index (χ4n) is 2.61. The second-order valence-electron chi connectivity index (χ2n) is 6.21. The van der Waals surface area contributed by atoms with E-state index < -0.39 is 0 Å². The summed E-state index contributed by atoms with van der Waals surface area (Å²) < 4.78 is 0. The maximum absolute atomic E-state index is 11.9. The summed E-state index contributed by atoms with van der Waals surface area (Å²) in [7, 11) is 0. The molecular weight excluding hydrogens is 312 g/mol. The zero-order chi connectivity index (χ0) is 16.8. The molecule has 1 aromatic carbocycles. The summed E-state index contributed by atoms with van der Waals surface area (Å²) in [5, 5.41) is 12.7. The third kappa shape index (κ3) is 4.85. The normalized spacial score (nSPS) is 15.5. The number of nitrogens with one attached hydrogen (secondary N) is 1. The lowest BCUT2D eigenvalue weighted by atomic mass is 10.1. The molecule has 6 heteroatoms. The zero-order valence-corrected chi connectivity index (χ0v) is 14.4. The van der Waals surface area contributed by atoms with Crippen molar-refractivity contribution in [3.05, 3.63) is 28.8 Å². The Morgan fingerprint density at radius 2 is 2.04 bits per heavy atom. The highest BCUT2D eigenvalue weighted by molar-refractivity contribution is 6.32. The van der Waals surface area contributed by atoms with Crippen LogP contribution in [0.1, 0.15) is 19.4 Å². The van der Waals surface area contributed by atoms with E-state index in [1.807, 2.05) is 12.1 Å². The van der Waals surface area contributed by atoms with Crippen molar-refractivity contribution in [1.82, 2.24) is 10.2 Å². The number of piperazine rings is 1. The molecule has 0 bridgehead atoms. The van der Waals surface area contributed by atoms with E-state index in [1.54, 1.807) is 6.07 Å². The number of rotatable bonds is 5. The van der Waals surface area contributed by atoms with Crippen LogP contribution in [0.2, 0.25) is 5.02 Å². The van der Waals surface area contributed by atoms with Gasteiger partial charge in [0.25, 0.3) is 0 Å². The summed E-state index contributed by atoms with van der Waals surface area (Å²) in [5.74, 6) is 0.538. The first-order valence-electron chi connectivity index (χ1n) is 7.94. The second kappa shape index (κ2) is 8.19. The Morgan fingerprint density at radius 3 is 2.65 bits per heavy atom. The van der Waals surface area contributed by atoms with Crippen molar-refractivity contribution in [3.8, 4) is 6.07 Å². The predicted octanol–water partition coefficient (Wildman–Crippen LogP) is 2.11. The van der Waals surface area contributed by atoms with Gasteiger partial charge in [0, 0.05) is 32.7 Å². The number of benzene rings is 1. The van der Waals surface area contributed by atoms with Gasteiger partial charge in [0.15, 0.2) is 0 Å². The van der Waals surface area contributed by atoms with E-state index in [-0.39, 0.29) is 5.91 Å². The molecule has 5 nitrogen and oxygen atoms in total. The van der Waals surface area contributed by atoms with Crippen molar-refractivity contribution in [2.45, 2.75) is 13.8 Å². The minimum absolute atomic E-state index is 0.0765. The van der Waals surface area contributed by atoms with Gasteiger partial charge < -0.3 is 10.2 Å². The van der Waals surface area contributed by atoms with E-state index in [1.165, 1.54) is 0 Å². The van der Waals surface area contributed by atoms with Crippen LogP contribution in [0.15, 0.2) is 18.2 Å². The molecule has 0 saturated carbocycles. The first-order chi connectivity index (χ1) is 11.0. The number of anilines is 1. The number of halogens is 1. The van der Waals surface area contributed by atoms with Crippen molar-refractivity contribution in [3.63, 3.8) is 0 Å².